The van der Waals surface area contributed by atoms with Crippen molar-refractivity contribution in [3.63, 3.8) is 0 Å². The third-order valence-electron chi connectivity index (χ3n) is 4.16. The normalized spacial score (nSPS) is 10.7. The Labute approximate surface area is 186 Å². The lowest BCUT2D eigenvalue weighted by Gasteiger charge is -2.11. The second-order valence-corrected chi connectivity index (χ2v) is 6.72. The smallest absolute Gasteiger partial charge is 0.330 e. The number of rotatable bonds is 9. The molecule has 31 heavy (non-hydrogen) atoms. The lowest BCUT2D eigenvalue weighted by atomic mass is 10.2. The molecule has 7 heteroatoms. The summed E-state index contributed by atoms with van der Waals surface area (Å²) in [6, 6.07) is 16.3. The molecule has 6 nitrogen and oxygen atoms in total. The van der Waals surface area contributed by atoms with Crippen LogP contribution in [0.5, 0.6) is 23.1 Å². The van der Waals surface area contributed by atoms with Crippen LogP contribution in [-0.4, -0.2) is 24.7 Å². The van der Waals surface area contributed by atoms with E-state index in [1.807, 2.05) is 24.3 Å². The van der Waals surface area contributed by atoms with Crippen LogP contribution in [-0.2, 0) is 16.1 Å². The van der Waals surface area contributed by atoms with Crippen molar-refractivity contribution in [3.8, 4) is 23.1 Å². The van der Waals surface area contributed by atoms with E-state index < -0.39 is 5.97 Å². The fraction of sp³-hybridized carbons (Fsp3) is 0.167. The lowest BCUT2D eigenvalue weighted by molar-refractivity contribution is -0.137. The summed E-state index contributed by atoms with van der Waals surface area (Å²) < 4.78 is 21.8. The number of aromatic nitrogens is 1. The zero-order valence-electron chi connectivity index (χ0n) is 17.2. The molecule has 0 N–H and O–H groups in total. The lowest BCUT2D eigenvalue weighted by Crippen LogP contribution is -1.98. The maximum atomic E-state index is 11.5. The number of carbonyl (C=O) groups excluding carboxylic acids is 1. The van der Waals surface area contributed by atoms with Crippen LogP contribution >= 0.6 is 11.6 Å². The highest BCUT2D eigenvalue weighted by molar-refractivity contribution is 6.31. The summed E-state index contributed by atoms with van der Waals surface area (Å²) in [6.45, 7) is 2.43. The van der Waals surface area contributed by atoms with Gasteiger partial charge in [0.15, 0.2) is 11.5 Å². The number of hydrogen-bond acceptors (Lipinski definition) is 6. The molecule has 0 aliphatic heterocycles. The maximum absolute atomic E-state index is 11.5. The summed E-state index contributed by atoms with van der Waals surface area (Å²) in [5.41, 5.74) is 1.67. The van der Waals surface area contributed by atoms with Crippen molar-refractivity contribution in [2.45, 2.75) is 13.5 Å². The Morgan fingerprint density at radius 2 is 1.94 bits per heavy atom. The predicted molar refractivity (Wildman–Crippen MR) is 119 cm³/mol. The first kappa shape index (κ1) is 22.2. The molecule has 0 spiro atoms. The quantitative estimate of drug-likeness (QED) is 0.315. The van der Waals surface area contributed by atoms with Gasteiger partial charge in [-0.15, -0.1) is 0 Å². The Kier molecular flexibility index (Phi) is 7.90. The highest BCUT2D eigenvalue weighted by Crippen LogP contribution is 2.32. The van der Waals surface area contributed by atoms with Crippen LogP contribution in [0.3, 0.4) is 0 Å². The van der Waals surface area contributed by atoms with Crippen LogP contribution in [0.25, 0.3) is 6.08 Å². The van der Waals surface area contributed by atoms with Gasteiger partial charge in [0.2, 0.25) is 5.88 Å². The number of pyridine rings is 1. The van der Waals surface area contributed by atoms with Crippen molar-refractivity contribution in [1.29, 1.82) is 0 Å². The monoisotopic (exact) mass is 439 g/mol. The molecule has 3 rings (SSSR count). The zero-order valence-corrected chi connectivity index (χ0v) is 18.0. The maximum Gasteiger partial charge on any atom is 0.330 e. The fourth-order valence-corrected chi connectivity index (χ4v) is 2.82. The average Bonchev–Trinajstić information content (AvgIpc) is 2.79. The Hall–Kier alpha value is -3.51. The topological polar surface area (TPSA) is 66.9 Å². The van der Waals surface area contributed by atoms with E-state index in [-0.39, 0.29) is 0 Å². The highest BCUT2D eigenvalue weighted by Gasteiger charge is 2.08. The molecule has 0 aliphatic rings. The summed E-state index contributed by atoms with van der Waals surface area (Å²) in [5, 5.41) is 0.656. The van der Waals surface area contributed by atoms with E-state index in [4.69, 9.17) is 30.5 Å². The fourth-order valence-electron chi connectivity index (χ4n) is 2.63. The molecule has 0 fully saturated rings. The van der Waals surface area contributed by atoms with E-state index in [1.165, 1.54) is 6.08 Å². The van der Waals surface area contributed by atoms with Crippen LogP contribution < -0.4 is 14.2 Å². The molecule has 1 aromatic heterocycles. The van der Waals surface area contributed by atoms with Gasteiger partial charge in [-0.1, -0.05) is 35.9 Å². The van der Waals surface area contributed by atoms with Gasteiger partial charge in [-0.05, 0) is 42.8 Å². The second kappa shape index (κ2) is 11.0. The van der Waals surface area contributed by atoms with Crippen LogP contribution in [0, 0.1) is 0 Å². The molecule has 160 valence electrons. The number of ether oxygens (including phenoxy) is 4. The van der Waals surface area contributed by atoms with Crippen LogP contribution in [0.2, 0.25) is 5.02 Å². The predicted octanol–water partition coefficient (Wildman–Crippen LogP) is 5.69. The first-order valence-electron chi connectivity index (χ1n) is 9.62. The number of esters is 1. The van der Waals surface area contributed by atoms with Crippen molar-refractivity contribution in [1.82, 2.24) is 4.98 Å². The Morgan fingerprint density at radius 1 is 1.10 bits per heavy atom. The molecule has 0 radical (unpaired) electrons. The summed E-state index contributed by atoms with van der Waals surface area (Å²) >= 11 is 6.14. The van der Waals surface area contributed by atoms with E-state index in [0.29, 0.717) is 41.4 Å². The molecule has 0 atom stereocenters. The van der Waals surface area contributed by atoms with Crippen molar-refractivity contribution in [3.05, 3.63) is 83.0 Å². The Balaban J connectivity index is 1.63. The minimum Gasteiger partial charge on any atom is -0.493 e. The number of nitrogens with zero attached hydrogens (tertiary/aromatic N) is 1. The number of benzene rings is 2. The van der Waals surface area contributed by atoms with Crippen LogP contribution in [0.15, 0.2) is 66.9 Å². The molecule has 0 saturated heterocycles. The van der Waals surface area contributed by atoms with Crippen molar-refractivity contribution < 1.29 is 23.7 Å². The summed E-state index contributed by atoms with van der Waals surface area (Å²) in [5.74, 6) is 1.58. The van der Waals surface area contributed by atoms with Gasteiger partial charge in [-0.3, -0.25) is 0 Å². The minimum atomic E-state index is -0.400. The van der Waals surface area contributed by atoms with Gasteiger partial charge >= 0.3 is 5.97 Å². The van der Waals surface area contributed by atoms with Gasteiger partial charge in [0.25, 0.3) is 0 Å². The Bertz CT molecular complexity index is 1050. The second-order valence-electron chi connectivity index (χ2n) is 6.31. The van der Waals surface area contributed by atoms with Gasteiger partial charge < -0.3 is 18.9 Å². The first-order valence-corrected chi connectivity index (χ1v) is 10.00. The van der Waals surface area contributed by atoms with Gasteiger partial charge in [0, 0.05) is 22.7 Å². The standard InChI is InChI=1S/C24H22ClNO5/c1-3-29-24(27)13-9-17-8-11-21(22(14-17)28-2)31-23-12-10-19(15-26-23)30-16-18-6-4-5-7-20(18)25/h4-15H,3,16H2,1-2H3. The first-order chi connectivity index (χ1) is 15.1. The van der Waals surface area contributed by atoms with Gasteiger partial charge in [-0.2, -0.15) is 0 Å². The number of carbonyl (C=O) groups is 1. The third-order valence-corrected chi connectivity index (χ3v) is 4.53. The van der Waals surface area contributed by atoms with Gasteiger partial charge in [-0.25, -0.2) is 9.78 Å². The molecular formula is C24H22ClNO5. The molecule has 0 unspecified atom stereocenters. The van der Waals surface area contributed by atoms with E-state index in [2.05, 4.69) is 4.98 Å². The highest BCUT2D eigenvalue weighted by atomic mass is 35.5. The molecule has 2 aromatic carbocycles. The SMILES string of the molecule is CCOC(=O)C=Cc1ccc(Oc2ccc(OCc3ccccc3Cl)cn2)c(OC)c1. The number of halogens is 1. The molecule has 0 bridgehead atoms. The van der Waals surface area contributed by atoms with Crippen molar-refractivity contribution in [2.75, 3.05) is 13.7 Å². The molecule has 0 saturated carbocycles. The summed E-state index contributed by atoms with van der Waals surface area (Å²) in [7, 11) is 1.54. The van der Waals surface area contributed by atoms with Crippen LogP contribution in [0.1, 0.15) is 18.1 Å². The van der Waals surface area contributed by atoms with Crippen molar-refractivity contribution in [2.24, 2.45) is 0 Å². The Morgan fingerprint density at radius 3 is 2.65 bits per heavy atom. The van der Waals surface area contributed by atoms with E-state index >= 15 is 0 Å². The number of hydrogen-bond donors (Lipinski definition) is 0. The largest absolute Gasteiger partial charge is 0.493 e. The molecular weight excluding hydrogens is 418 g/mol. The van der Waals surface area contributed by atoms with Crippen molar-refractivity contribution >= 4 is 23.6 Å². The molecule has 0 amide bonds. The van der Waals surface area contributed by atoms with E-state index in [0.717, 1.165) is 11.1 Å². The van der Waals surface area contributed by atoms with E-state index in [1.54, 1.807) is 56.6 Å². The van der Waals surface area contributed by atoms with Gasteiger partial charge in [0.05, 0.1) is 19.9 Å². The molecule has 1 heterocycles. The molecule has 0 aliphatic carbocycles. The van der Waals surface area contributed by atoms with Crippen LogP contribution in [0.4, 0.5) is 0 Å². The summed E-state index contributed by atoms with van der Waals surface area (Å²) in [4.78, 5) is 15.7. The number of methoxy groups -OCH3 is 1. The molecule has 3 aromatic rings. The average molecular weight is 440 g/mol. The third kappa shape index (κ3) is 6.49. The zero-order chi connectivity index (χ0) is 22.1. The summed E-state index contributed by atoms with van der Waals surface area (Å²) in [6.07, 6.45) is 4.59. The van der Waals surface area contributed by atoms with E-state index in [9.17, 15) is 4.79 Å². The minimum absolute atomic E-state index is 0.329. The van der Waals surface area contributed by atoms with Gasteiger partial charge in [0.1, 0.15) is 12.4 Å².